The largest absolute Gasteiger partial charge is 0.309 e. The fourth-order valence-corrected chi connectivity index (χ4v) is 5.57. The number of imidazole rings is 1. The molecular formula is C31H20N4. The van der Waals surface area contributed by atoms with Crippen molar-refractivity contribution < 1.29 is 0 Å². The lowest BCUT2D eigenvalue weighted by molar-refractivity contribution is 1.09. The van der Waals surface area contributed by atoms with Gasteiger partial charge in [0.05, 0.1) is 16.6 Å². The van der Waals surface area contributed by atoms with Crippen molar-refractivity contribution in [3.05, 3.63) is 121 Å². The van der Waals surface area contributed by atoms with E-state index in [9.17, 15) is 0 Å². The maximum absolute atomic E-state index is 4.95. The van der Waals surface area contributed by atoms with Crippen LogP contribution < -0.4 is 0 Å². The molecule has 0 saturated carbocycles. The quantitative estimate of drug-likeness (QED) is 0.269. The standard InChI is InChI=1S/C31H20N4/c1-4-12-26-23(9-1)24-10-2-5-13-27(24)34(26)21-16-18-22(19-17-21)35-28-14-6-3-11-25(28)30-31(35)33-20-8-7-15-29(33)32-30/h1-20H. The molecule has 35 heavy (non-hydrogen) atoms. The van der Waals surface area contributed by atoms with Gasteiger partial charge in [-0.15, -0.1) is 0 Å². The summed E-state index contributed by atoms with van der Waals surface area (Å²) in [6.07, 6.45) is 2.09. The van der Waals surface area contributed by atoms with Crippen molar-refractivity contribution >= 4 is 49.5 Å². The van der Waals surface area contributed by atoms with Gasteiger partial charge in [-0.1, -0.05) is 60.7 Å². The summed E-state index contributed by atoms with van der Waals surface area (Å²) in [6.45, 7) is 0. The topological polar surface area (TPSA) is 27.2 Å². The van der Waals surface area contributed by atoms with Gasteiger partial charge in [-0.25, -0.2) is 4.98 Å². The Labute approximate surface area is 200 Å². The lowest BCUT2D eigenvalue weighted by atomic mass is 10.2. The van der Waals surface area contributed by atoms with Gasteiger partial charge in [0, 0.05) is 33.7 Å². The Balaban J connectivity index is 1.39. The van der Waals surface area contributed by atoms with Crippen LogP contribution in [-0.2, 0) is 0 Å². The molecule has 0 bridgehead atoms. The van der Waals surface area contributed by atoms with E-state index in [1.807, 2.05) is 6.07 Å². The fourth-order valence-electron chi connectivity index (χ4n) is 5.57. The van der Waals surface area contributed by atoms with Crippen molar-refractivity contribution in [1.82, 2.24) is 18.5 Å². The van der Waals surface area contributed by atoms with Gasteiger partial charge in [0.1, 0.15) is 11.2 Å². The van der Waals surface area contributed by atoms with Crippen molar-refractivity contribution in [2.24, 2.45) is 0 Å². The normalized spacial score (nSPS) is 12.0. The molecule has 0 N–H and O–H groups in total. The number of benzene rings is 4. The van der Waals surface area contributed by atoms with E-state index < -0.39 is 0 Å². The highest BCUT2D eigenvalue weighted by Crippen LogP contribution is 2.34. The summed E-state index contributed by atoms with van der Waals surface area (Å²) in [7, 11) is 0. The monoisotopic (exact) mass is 448 g/mol. The van der Waals surface area contributed by atoms with Gasteiger partial charge < -0.3 is 4.57 Å². The first-order valence-electron chi connectivity index (χ1n) is 11.8. The van der Waals surface area contributed by atoms with E-state index in [1.165, 1.54) is 21.8 Å². The third kappa shape index (κ3) is 2.48. The van der Waals surface area contributed by atoms with Crippen molar-refractivity contribution in [3.8, 4) is 11.4 Å². The first kappa shape index (κ1) is 18.6. The first-order valence-corrected chi connectivity index (χ1v) is 11.8. The van der Waals surface area contributed by atoms with Crippen LogP contribution in [0.4, 0.5) is 0 Å². The Hall–Kier alpha value is -4.83. The molecule has 4 heteroatoms. The van der Waals surface area contributed by atoms with Crippen LogP contribution >= 0.6 is 0 Å². The van der Waals surface area contributed by atoms with Crippen LogP contribution in [-0.4, -0.2) is 18.5 Å². The lowest BCUT2D eigenvalue weighted by Gasteiger charge is -2.11. The van der Waals surface area contributed by atoms with E-state index in [0.717, 1.165) is 39.1 Å². The second-order valence-electron chi connectivity index (χ2n) is 8.95. The molecule has 4 nitrogen and oxygen atoms in total. The average Bonchev–Trinajstić information content (AvgIpc) is 3.56. The van der Waals surface area contributed by atoms with Crippen LogP contribution in [0.2, 0.25) is 0 Å². The van der Waals surface area contributed by atoms with Crippen LogP contribution in [0.1, 0.15) is 0 Å². The van der Waals surface area contributed by atoms with E-state index >= 15 is 0 Å². The molecule has 0 aliphatic carbocycles. The molecule has 164 valence electrons. The lowest BCUT2D eigenvalue weighted by Crippen LogP contribution is -1.99. The SMILES string of the molecule is c1ccc2c(c1)c1ccccc1n2-c1ccc(-n2c3ccccc3c3nc4ccccn4c32)cc1. The van der Waals surface area contributed by atoms with Crippen molar-refractivity contribution in [2.75, 3.05) is 0 Å². The molecule has 4 aromatic heterocycles. The summed E-state index contributed by atoms with van der Waals surface area (Å²) in [6, 6.07) is 40.8. The van der Waals surface area contributed by atoms with Crippen molar-refractivity contribution in [2.45, 2.75) is 0 Å². The number of para-hydroxylation sites is 3. The molecule has 0 amide bonds. The highest BCUT2D eigenvalue weighted by molar-refractivity contribution is 6.09. The summed E-state index contributed by atoms with van der Waals surface area (Å²) in [5.41, 5.74) is 8.94. The van der Waals surface area contributed by atoms with Crippen LogP contribution in [0, 0.1) is 0 Å². The van der Waals surface area contributed by atoms with Crippen LogP contribution in [0.5, 0.6) is 0 Å². The molecule has 8 aromatic rings. The second kappa shape index (κ2) is 6.84. The summed E-state index contributed by atoms with van der Waals surface area (Å²) < 4.78 is 6.85. The summed E-state index contributed by atoms with van der Waals surface area (Å²) in [5, 5.41) is 3.71. The zero-order valence-electron chi connectivity index (χ0n) is 18.8. The molecule has 0 aliphatic rings. The molecule has 4 heterocycles. The van der Waals surface area contributed by atoms with Crippen molar-refractivity contribution in [1.29, 1.82) is 0 Å². The summed E-state index contributed by atoms with van der Waals surface area (Å²) in [5.74, 6) is 0. The predicted octanol–water partition coefficient (Wildman–Crippen LogP) is 7.53. The molecule has 0 radical (unpaired) electrons. The minimum atomic E-state index is 0.957. The highest BCUT2D eigenvalue weighted by atomic mass is 15.1. The molecule has 0 spiro atoms. The Morgan fingerprint density at radius 3 is 1.63 bits per heavy atom. The number of aromatic nitrogens is 4. The third-order valence-corrected chi connectivity index (χ3v) is 7.06. The first-order chi connectivity index (χ1) is 17.4. The number of nitrogens with zero attached hydrogens (tertiary/aromatic N) is 4. The van der Waals surface area contributed by atoms with Gasteiger partial charge >= 0.3 is 0 Å². The molecule has 0 unspecified atom stereocenters. The Morgan fingerprint density at radius 2 is 0.971 bits per heavy atom. The summed E-state index contributed by atoms with van der Waals surface area (Å²) in [4.78, 5) is 4.95. The number of pyridine rings is 1. The minimum Gasteiger partial charge on any atom is -0.309 e. The highest BCUT2D eigenvalue weighted by Gasteiger charge is 2.18. The zero-order valence-corrected chi connectivity index (χ0v) is 18.8. The van der Waals surface area contributed by atoms with Crippen LogP contribution in [0.3, 0.4) is 0 Å². The molecule has 0 saturated heterocycles. The van der Waals surface area contributed by atoms with Crippen molar-refractivity contribution in [3.63, 3.8) is 0 Å². The molecule has 0 aliphatic heterocycles. The van der Waals surface area contributed by atoms with Gasteiger partial charge in [-0.05, 0) is 54.6 Å². The average molecular weight is 449 g/mol. The zero-order chi connectivity index (χ0) is 22.9. The third-order valence-electron chi connectivity index (χ3n) is 7.06. The van der Waals surface area contributed by atoms with E-state index in [-0.39, 0.29) is 0 Å². The van der Waals surface area contributed by atoms with E-state index in [0.29, 0.717) is 0 Å². The molecular weight excluding hydrogens is 428 g/mol. The predicted molar refractivity (Wildman–Crippen MR) is 144 cm³/mol. The molecule has 8 rings (SSSR count). The molecule has 0 atom stereocenters. The van der Waals surface area contributed by atoms with Gasteiger partial charge in [-0.3, -0.25) is 8.97 Å². The Bertz CT molecular complexity index is 1990. The smallest absolute Gasteiger partial charge is 0.150 e. The Kier molecular flexibility index (Phi) is 3.63. The van der Waals surface area contributed by atoms with Gasteiger partial charge in [0.2, 0.25) is 0 Å². The maximum atomic E-state index is 4.95. The van der Waals surface area contributed by atoms with Gasteiger partial charge in [0.25, 0.3) is 0 Å². The molecule has 0 fully saturated rings. The van der Waals surface area contributed by atoms with E-state index in [4.69, 9.17) is 4.98 Å². The van der Waals surface area contributed by atoms with Gasteiger partial charge in [-0.2, -0.15) is 0 Å². The maximum Gasteiger partial charge on any atom is 0.150 e. The number of fused-ring (bicyclic) bond motifs is 8. The second-order valence-corrected chi connectivity index (χ2v) is 8.95. The molecule has 4 aromatic carbocycles. The van der Waals surface area contributed by atoms with E-state index in [2.05, 4.69) is 129 Å². The number of hydrogen-bond acceptors (Lipinski definition) is 1. The number of hydrogen-bond donors (Lipinski definition) is 0. The van der Waals surface area contributed by atoms with Gasteiger partial charge in [0.15, 0.2) is 5.65 Å². The van der Waals surface area contributed by atoms with Crippen LogP contribution in [0.25, 0.3) is 60.9 Å². The Morgan fingerprint density at radius 1 is 0.457 bits per heavy atom. The van der Waals surface area contributed by atoms with Crippen LogP contribution in [0.15, 0.2) is 121 Å². The van der Waals surface area contributed by atoms with E-state index in [1.54, 1.807) is 0 Å². The fraction of sp³-hybridized carbons (Fsp3) is 0. The minimum absolute atomic E-state index is 0.957. The summed E-state index contributed by atoms with van der Waals surface area (Å²) >= 11 is 0. The number of rotatable bonds is 2.